The van der Waals surface area contributed by atoms with Crippen molar-refractivity contribution >= 4 is 39.1 Å². The number of rotatable bonds is 4. The van der Waals surface area contributed by atoms with Gasteiger partial charge < -0.3 is 0 Å². The fourth-order valence-corrected chi connectivity index (χ4v) is 2.47. The van der Waals surface area contributed by atoms with Crippen molar-refractivity contribution in [2.45, 2.75) is 12.5 Å². The highest BCUT2D eigenvalue weighted by molar-refractivity contribution is 9.10. The van der Waals surface area contributed by atoms with Crippen LogP contribution >= 0.6 is 39.1 Å². The average Bonchev–Trinajstić information content (AvgIpc) is 2.43. The summed E-state index contributed by atoms with van der Waals surface area (Å²) >= 11 is 15.0. The Bertz CT molecular complexity index is 622. The molecule has 0 aromatic heterocycles. The summed E-state index contributed by atoms with van der Waals surface area (Å²) in [4.78, 5) is 0. The van der Waals surface area contributed by atoms with E-state index in [0.29, 0.717) is 20.9 Å². The van der Waals surface area contributed by atoms with Gasteiger partial charge in [-0.2, -0.15) is 0 Å². The van der Waals surface area contributed by atoms with Crippen molar-refractivity contribution in [1.82, 2.24) is 5.43 Å². The van der Waals surface area contributed by atoms with Crippen LogP contribution in [-0.2, 0) is 6.42 Å². The Morgan fingerprint density at radius 3 is 2.50 bits per heavy atom. The van der Waals surface area contributed by atoms with E-state index in [2.05, 4.69) is 21.4 Å². The van der Waals surface area contributed by atoms with E-state index in [1.165, 1.54) is 6.07 Å². The molecule has 0 aliphatic carbocycles. The highest BCUT2D eigenvalue weighted by Crippen LogP contribution is 2.26. The van der Waals surface area contributed by atoms with E-state index in [1.54, 1.807) is 18.2 Å². The number of hydrogen-bond acceptors (Lipinski definition) is 2. The third-order valence-electron chi connectivity index (χ3n) is 2.97. The summed E-state index contributed by atoms with van der Waals surface area (Å²) in [6.07, 6.45) is 0.578. The average molecular weight is 378 g/mol. The SMILES string of the molecule is NNC(Cc1ccc(Cl)c(Cl)c1)c1ccc(Br)c(F)c1. The van der Waals surface area contributed by atoms with Crippen LogP contribution in [0.1, 0.15) is 17.2 Å². The molecule has 2 aromatic rings. The highest BCUT2D eigenvalue weighted by Gasteiger charge is 2.13. The van der Waals surface area contributed by atoms with Gasteiger partial charge in [-0.1, -0.05) is 35.3 Å². The van der Waals surface area contributed by atoms with Gasteiger partial charge in [-0.25, -0.2) is 4.39 Å². The fraction of sp³-hybridized carbons (Fsp3) is 0.143. The molecular formula is C14H12BrCl2FN2. The standard InChI is InChI=1S/C14H12BrCl2FN2/c15-10-3-2-9(7-13(10)18)14(20-19)6-8-1-4-11(16)12(17)5-8/h1-5,7,14,20H,6,19H2. The molecule has 0 saturated carbocycles. The first-order chi connectivity index (χ1) is 9.51. The molecule has 0 aliphatic heterocycles. The van der Waals surface area contributed by atoms with Gasteiger partial charge in [-0.3, -0.25) is 11.3 Å². The molecule has 2 nitrogen and oxygen atoms in total. The molecule has 106 valence electrons. The van der Waals surface area contributed by atoms with Crippen molar-refractivity contribution in [3.63, 3.8) is 0 Å². The monoisotopic (exact) mass is 376 g/mol. The summed E-state index contributed by atoms with van der Waals surface area (Å²) in [6.45, 7) is 0. The highest BCUT2D eigenvalue weighted by atomic mass is 79.9. The summed E-state index contributed by atoms with van der Waals surface area (Å²) in [6, 6.07) is 10.1. The Labute approximate surface area is 135 Å². The van der Waals surface area contributed by atoms with Crippen LogP contribution in [0.3, 0.4) is 0 Å². The van der Waals surface area contributed by atoms with Crippen molar-refractivity contribution < 1.29 is 4.39 Å². The summed E-state index contributed by atoms with van der Waals surface area (Å²) in [7, 11) is 0. The van der Waals surface area contributed by atoms with E-state index in [1.807, 2.05) is 12.1 Å². The van der Waals surface area contributed by atoms with Crippen LogP contribution in [0.25, 0.3) is 0 Å². The molecule has 0 bridgehead atoms. The number of benzene rings is 2. The Hall–Kier alpha value is -0.650. The smallest absolute Gasteiger partial charge is 0.137 e. The molecule has 6 heteroatoms. The normalized spacial score (nSPS) is 12.4. The summed E-state index contributed by atoms with van der Waals surface area (Å²) in [5.41, 5.74) is 4.42. The molecule has 1 atom stereocenters. The van der Waals surface area contributed by atoms with Crippen molar-refractivity contribution in [1.29, 1.82) is 0 Å². The number of nitrogens with one attached hydrogen (secondary N) is 1. The first-order valence-corrected chi connectivity index (χ1v) is 7.41. The van der Waals surface area contributed by atoms with Gasteiger partial charge in [0, 0.05) is 0 Å². The number of hydrogen-bond donors (Lipinski definition) is 2. The Morgan fingerprint density at radius 2 is 1.90 bits per heavy atom. The maximum absolute atomic E-state index is 13.6. The van der Waals surface area contributed by atoms with Crippen LogP contribution in [0.4, 0.5) is 4.39 Å². The molecule has 2 aromatic carbocycles. The van der Waals surface area contributed by atoms with Gasteiger partial charge in [0.15, 0.2) is 0 Å². The van der Waals surface area contributed by atoms with Gasteiger partial charge in [0.05, 0.1) is 20.6 Å². The topological polar surface area (TPSA) is 38.0 Å². The fourth-order valence-electron chi connectivity index (χ4n) is 1.90. The van der Waals surface area contributed by atoms with E-state index in [0.717, 1.165) is 11.1 Å². The molecule has 0 amide bonds. The predicted octanol–water partition coefficient (Wildman–Crippen LogP) is 4.64. The minimum Gasteiger partial charge on any atom is -0.271 e. The molecule has 0 saturated heterocycles. The molecule has 1 unspecified atom stereocenters. The summed E-state index contributed by atoms with van der Waals surface area (Å²) in [5, 5.41) is 0.990. The third kappa shape index (κ3) is 3.71. The lowest BCUT2D eigenvalue weighted by Crippen LogP contribution is -2.29. The molecule has 0 radical (unpaired) electrons. The van der Waals surface area contributed by atoms with Crippen LogP contribution < -0.4 is 11.3 Å². The molecule has 3 N–H and O–H groups in total. The van der Waals surface area contributed by atoms with E-state index in [4.69, 9.17) is 29.0 Å². The zero-order chi connectivity index (χ0) is 14.7. The lowest BCUT2D eigenvalue weighted by molar-refractivity contribution is 0.543. The van der Waals surface area contributed by atoms with E-state index in [9.17, 15) is 4.39 Å². The lowest BCUT2D eigenvalue weighted by atomic mass is 9.99. The van der Waals surface area contributed by atoms with Crippen molar-refractivity contribution in [2.75, 3.05) is 0 Å². The molecule has 0 spiro atoms. The Kier molecular flexibility index (Phi) is 5.41. The number of halogens is 4. The molecular weight excluding hydrogens is 366 g/mol. The van der Waals surface area contributed by atoms with E-state index < -0.39 is 0 Å². The van der Waals surface area contributed by atoms with Gasteiger partial charge in [0.2, 0.25) is 0 Å². The first kappa shape index (κ1) is 15.7. The minimum absolute atomic E-state index is 0.213. The number of nitrogens with two attached hydrogens (primary N) is 1. The van der Waals surface area contributed by atoms with Gasteiger partial charge in [0.1, 0.15) is 5.82 Å². The molecule has 0 aliphatic rings. The zero-order valence-electron chi connectivity index (χ0n) is 10.3. The van der Waals surface area contributed by atoms with Gasteiger partial charge in [-0.15, -0.1) is 0 Å². The van der Waals surface area contributed by atoms with E-state index in [-0.39, 0.29) is 11.9 Å². The van der Waals surface area contributed by atoms with Crippen LogP contribution in [-0.4, -0.2) is 0 Å². The second kappa shape index (κ2) is 6.87. The van der Waals surface area contributed by atoms with Gasteiger partial charge in [0.25, 0.3) is 0 Å². The van der Waals surface area contributed by atoms with Crippen LogP contribution in [0.15, 0.2) is 40.9 Å². The van der Waals surface area contributed by atoms with Crippen molar-refractivity contribution in [2.24, 2.45) is 5.84 Å². The maximum atomic E-state index is 13.6. The summed E-state index contributed by atoms with van der Waals surface area (Å²) in [5.74, 6) is 5.24. The molecule has 2 rings (SSSR count). The predicted molar refractivity (Wildman–Crippen MR) is 84.3 cm³/mol. The molecule has 20 heavy (non-hydrogen) atoms. The van der Waals surface area contributed by atoms with Crippen LogP contribution in [0, 0.1) is 5.82 Å². The van der Waals surface area contributed by atoms with Crippen molar-refractivity contribution in [3.05, 3.63) is 67.9 Å². The lowest BCUT2D eigenvalue weighted by Gasteiger charge is -2.17. The van der Waals surface area contributed by atoms with Crippen LogP contribution in [0.5, 0.6) is 0 Å². The van der Waals surface area contributed by atoms with Gasteiger partial charge >= 0.3 is 0 Å². The minimum atomic E-state index is -0.322. The van der Waals surface area contributed by atoms with E-state index >= 15 is 0 Å². The number of hydrazine groups is 1. The Balaban J connectivity index is 2.23. The quantitative estimate of drug-likeness (QED) is 0.601. The Morgan fingerprint density at radius 1 is 1.15 bits per heavy atom. The second-order valence-corrected chi connectivity index (χ2v) is 6.01. The summed E-state index contributed by atoms with van der Waals surface area (Å²) < 4.78 is 14.0. The molecule has 0 heterocycles. The first-order valence-electron chi connectivity index (χ1n) is 5.86. The second-order valence-electron chi connectivity index (χ2n) is 4.35. The largest absolute Gasteiger partial charge is 0.271 e. The van der Waals surface area contributed by atoms with Crippen molar-refractivity contribution in [3.8, 4) is 0 Å². The zero-order valence-corrected chi connectivity index (χ0v) is 13.4. The van der Waals surface area contributed by atoms with Gasteiger partial charge in [-0.05, 0) is 57.7 Å². The molecule has 0 fully saturated rings. The third-order valence-corrected chi connectivity index (χ3v) is 4.35. The maximum Gasteiger partial charge on any atom is 0.137 e. The van der Waals surface area contributed by atoms with Crippen LogP contribution in [0.2, 0.25) is 10.0 Å².